The first-order chi connectivity index (χ1) is 11.4. The highest BCUT2D eigenvalue weighted by Crippen LogP contribution is 2.09. The smallest absolute Gasteiger partial charge is 0.327 e. The molecular formula is C15H20N4O5. The van der Waals surface area contributed by atoms with Gasteiger partial charge < -0.3 is 14.9 Å². The largest absolute Gasteiger partial charge is 0.497 e. The van der Waals surface area contributed by atoms with Gasteiger partial charge in [0.15, 0.2) is 6.61 Å². The summed E-state index contributed by atoms with van der Waals surface area (Å²) >= 11 is 0. The number of nitrogens with zero attached hydrogens (tertiary/aromatic N) is 1. The maximum atomic E-state index is 11.4. The average Bonchev–Trinajstić information content (AvgIpc) is 2.56. The standard InChI is InChI=1S/C15H20N4O5/c1-10(2)17-14(21)15(22)19-18-13(20)9-24-16-8-11-4-6-12(23-3)7-5-11/h4-8,10H,9H2,1-3H3,(H,17,21)(H,18,20)(H,19,22)/b16-8-. The number of carbonyl (C=O) groups is 3. The Bertz CT molecular complexity index is 598. The molecule has 0 saturated heterocycles. The molecule has 0 radical (unpaired) electrons. The second kappa shape index (κ2) is 9.82. The summed E-state index contributed by atoms with van der Waals surface area (Å²) in [7, 11) is 1.57. The van der Waals surface area contributed by atoms with Crippen molar-refractivity contribution in [3.8, 4) is 5.75 Å². The Balaban J connectivity index is 2.27. The Morgan fingerprint density at radius 1 is 1.12 bits per heavy atom. The van der Waals surface area contributed by atoms with Gasteiger partial charge in [-0.3, -0.25) is 25.2 Å². The van der Waals surface area contributed by atoms with Crippen LogP contribution in [0.25, 0.3) is 0 Å². The zero-order chi connectivity index (χ0) is 17.9. The number of benzene rings is 1. The minimum absolute atomic E-state index is 0.186. The summed E-state index contributed by atoms with van der Waals surface area (Å²) < 4.78 is 5.02. The molecule has 0 unspecified atom stereocenters. The topological polar surface area (TPSA) is 118 Å². The zero-order valence-corrected chi connectivity index (χ0v) is 13.7. The maximum absolute atomic E-state index is 11.4. The predicted molar refractivity (Wildman–Crippen MR) is 86.1 cm³/mol. The SMILES string of the molecule is COc1ccc(/C=N\OCC(=O)NNC(=O)C(=O)NC(C)C)cc1. The van der Waals surface area contributed by atoms with Crippen LogP contribution in [0.15, 0.2) is 29.4 Å². The second-order valence-electron chi connectivity index (χ2n) is 4.91. The van der Waals surface area contributed by atoms with Crippen molar-refractivity contribution >= 4 is 23.9 Å². The van der Waals surface area contributed by atoms with Crippen LogP contribution in [0.3, 0.4) is 0 Å². The molecule has 1 rings (SSSR count). The van der Waals surface area contributed by atoms with E-state index in [0.29, 0.717) is 5.75 Å². The number of carbonyl (C=O) groups excluding carboxylic acids is 3. The number of hydrazine groups is 1. The first-order valence-corrected chi connectivity index (χ1v) is 7.11. The molecule has 24 heavy (non-hydrogen) atoms. The van der Waals surface area contributed by atoms with Crippen molar-refractivity contribution < 1.29 is 24.0 Å². The van der Waals surface area contributed by atoms with Crippen molar-refractivity contribution in [2.75, 3.05) is 13.7 Å². The van der Waals surface area contributed by atoms with Gasteiger partial charge in [0.05, 0.1) is 13.3 Å². The Labute approximate surface area is 139 Å². The molecule has 9 heteroatoms. The highest BCUT2D eigenvalue weighted by molar-refractivity contribution is 6.35. The Kier molecular flexibility index (Phi) is 7.76. The van der Waals surface area contributed by atoms with Crippen LogP contribution in [-0.2, 0) is 19.2 Å². The van der Waals surface area contributed by atoms with Crippen molar-refractivity contribution in [1.29, 1.82) is 0 Å². The minimum atomic E-state index is -0.973. The number of nitrogens with one attached hydrogen (secondary N) is 3. The molecule has 0 bridgehead atoms. The molecule has 0 fully saturated rings. The molecule has 3 N–H and O–H groups in total. The quantitative estimate of drug-likeness (QED) is 0.375. The van der Waals surface area contributed by atoms with Gasteiger partial charge in [-0.25, -0.2) is 0 Å². The molecule has 0 saturated carbocycles. The van der Waals surface area contributed by atoms with E-state index in [-0.39, 0.29) is 6.04 Å². The van der Waals surface area contributed by atoms with Gasteiger partial charge in [0, 0.05) is 6.04 Å². The number of hydrogen-bond donors (Lipinski definition) is 3. The third-order valence-electron chi connectivity index (χ3n) is 2.53. The molecule has 0 spiro atoms. The summed E-state index contributed by atoms with van der Waals surface area (Å²) in [4.78, 5) is 38.8. The molecule has 0 aliphatic heterocycles. The number of oxime groups is 1. The van der Waals surface area contributed by atoms with Crippen molar-refractivity contribution in [3.63, 3.8) is 0 Å². The average molecular weight is 336 g/mol. The third-order valence-corrected chi connectivity index (χ3v) is 2.53. The Morgan fingerprint density at radius 3 is 2.38 bits per heavy atom. The molecule has 0 heterocycles. The van der Waals surface area contributed by atoms with Crippen molar-refractivity contribution in [2.45, 2.75) is 19.9 Å². The van der Waals surface area contributed by atoms with E-state index in [4.69, 9.17) is 9.57 Å². The van der Waals surface area contributed by atoms with Gasteiger partial charge in [0.2, 0.25) is 0 Å². The molecule has 1 aromatic rings. The van der Waals surface area contributed by atoms with E-state index in [1.807, 2.05) is 10.9 Å². The fourth-order valence-electron chi connectivity index (χ4n) is 1.43. The van der Waals surface area contributed by atoms with E-state index in [1.54, 1.807) is 45.2 Å². The molecule has 0 aromatic heterocycles. The van der Waals surface area contributed by atoms with E-state index >= 15 is 0 Å². The monoisotopic (exact) mass is 336 g/mol. The fraction of sp³-hybridized carbons (Fsp3) is 0.333. The van der Waals surface area contributed by atoms with E-state index in [0.717, 1.165) is 5.56 Å². The lowest BCUT2D eigenvalue weighted by atomic mass is 10.2. The zero-order valence-electron chi connectivity index (χ0n) is 13.7. The van der Waals surface area contributed by atoms with Crippen LogP contribution in [0.5, 0.6) is 5.75 Å². The summed E-state index contributed by atoms with van der Waals surface area (Å²) in [5.41, 5.74) is 4.76. The molecule has 130 valence electrons. The minimum Gasteiger partial charge on any atom is -0.497 e. The molecule has 0 aliphatic rings. The van der Waals surface area contributed by atoms with Crippen molar-refractivity contribution in [3.05, 3.63) is 29.8 Å². The fourth-order valence-corrected chi connectivity index (χ4v) is 1.43. The highest BCUT2D eigenvalue weighted by Gasteiger charge is 2.14. The van der Waals surface area contributed by atoms with Gasteiger partial charge in [0.1, 0.15) is 5.75 Å². The number of hydrogen-bond acceptors (Lipinski definition) is 6. The van der Waals surface area contributed by atoms with Gasteiger partial charge in [-0.2, -0.15) is 0 Å². The number of methoxy groups -OCH3 is 1. The first-order valence-electron chi connectivity index (χ1n) is 7.11. The van der Waals surface area contributed by atoms with Crippen LogP contribution < -0.4 is 20.9 Å². The first kappa shape index (κ1) is 18.9. The van der Waals surface area contributed by atoms with Gasteiger partial charge in [0.25, 0.3) is 5.91 Å². The van der Waals surface area contributed by atoms with Gasteiger partial charge in [-0.15, -0.1) is 0 Å². The van der Waals surface area contributed by atoms with Crippen molar-refractivity contribution in [2.24, 2.45) is 5.16 Å². The summed E-state index contributed by atoms with van der Waals surface area (Å²) in [6.07, 6.45) is 1.42. The maximum Gasteiger partial charge on any atom is 0.327 e. The molecular weight excluding hydrogens is 316 g/mol. The van der Waals surface area contributed by atoms with E-state index in [9.17, 15) is 14.4 Å². The van der Waals surface area contributed by atoms with Crippen LogP contribution in [0.4, 0.5) is 0 Å². The Hall–Kier alpha value is -3.10. The summed E-state index contributed by atoms with van der Waals surface area (Å²) in [6, 6.07) is 6.85. The lowest BCUT2D eigenvalue weighted by Crippen LogP contribution is -2.50. The molecule has 3 amide bonds. The summed E-state index contributed by atoms with van der Waals surface area (Å²) in [5.74, 6) is -1.76. The highest BCUT2D eigenvalue weighted by atomic mass is 16.6. The lowest BCUT2D eigenvalue weighted by molar-refractivity contribution is -0.141. The number of ether oxygens (including phenoxy) is 1. The van der Waals surface area contributed by atoms with Gasteiger partial charge in [-0.05, 0) is 43.7 Å². The van der Waals surface area contributed by atoms with Crippen LogP contribution in [-0.4, -0.2) is 43.7 Å². The molecule has 1 aromatic carbocycles. The van der Waals surface area contributed by atoms with Crippen LogP contribution in [0.2, 0.25) is 0 Å². The molecule has 9 nitrogen and oxygen atoms in total. The molecule has 0 atom stereocenters. The molecule has 0 aliphatic carbocycles. The second-order valence-corrected chi connectivity index (χ2v) is 4.91. The van der Waals surface area contributed by atoms with E-state index in [1.165, 1.54) is 6.21 Å². The normalized spacial score (nSPS) is 10.3. The van der Waals surface area contributed by atoms with Crippen molar-refractivity contribution in [1.82, 2.24) is 16.2 Å². The van der Waals surface area contributed by atoms with Crippen LogP contribution >= 0.6 is 0 Å². The third kappa shape index (κ3) is 7.25. The van der Waals surface area contributed by atoms with Crippen LogP contribution in [0, 0.1) is 0 Å². The number of rotatable bonds is 6. The summed E-state index contributed by atoms with van der Waals surface area (Å²) in [6.45, 7) is 3.00. The van der Waals surface area contributed by atoms with Crippen LogP contribution in [0.1, 0.15) is 19.4 Å². The van der Waals surface area contributed by atoms with Gasteiger partial charge in [-0.1, -0.05) is 5.16 Å². The number of amides is 3. The van der Waals surface area contributed by atoms with E-state index in [2.05, 4.69) is 10.5 Å². The summed E-state index contributed by atoms with van der Waals surface area (Å²) in [5, 5.41) is 6.00. The predicted octanol–water partition coefficient (Wildman–Crippen LogP) is -0.282. The lowest BCUT2D eigenvalue weighted by Gasteiger charge is -2.09. The Morgan fingerprint density at radius 2 is 1.79 bits per heavy atom. The van der Waals surface area contributed by atoms with Gasteiger partial charge >= 0.3 is 11.8 Å². The van der Waals surface area contributed by atoms with E-state index < -0.39 is 24.3 Å².